The highest BCUT2D eigenvalue weighted by Gasteiger charge is 2.23. The molecule has 206 valence electrons. The quantitative estimate of drug-likeness (QED) is 0.290. The lowest BCUT2D eigenvalue weighted by Gasteiger charge is -2.36. The van der Waals surface area contributed by atoms with Crippen molar-refractivity contribution < 1.29 is 14.3 Å². The summed E-state index contributed by atoms with van der Waals surface area (Å²) >= 11 is 0. The van der Waals surface area contributed by atoms with Crippen LogP contribution in [0.3, 0.4) is 0 Å². The largest absolute Gasteiger partial charge is 0.497 e. The van der Waals surface area contributed by atoms with Crippen molar-refractivity contribution in [1.82, 2.24) is 24.1 Å². The summed E-state index contributed by atoms with van der Waals surface area (Å²) in [6.07, 6.45) is 1.60. The van der Waals surface area contributed by atoms with Crippen molar-refractivity contribution in [3.8, 4) is 5.75 Å². The summed E-state index contributed by atoms with van der Waals surface area (Å²) in [5.41, 5.74) is 1.80. The van der Waals surface area contributed by atoms with Crippen molar-refractivity contribution in [3.63, 3.8) is 0 Å². The van der Waals surface area contributed by atoms with E-state index in [1.807, 2.05) is 71.7 Å². The van der Waals surface area contributed by atoms with Gasteiger partial charge in [0.15, 0.2) is 0 Å². The third-order valence-corrected chi connectivity index (χ3v) is 7.18. The lowest BCUT2D eigenvalue weighted by molar-refractivity contribution is -0.131. The number of nitrogens with zero attached hydrogens (tertiary/aromatic N) is 6. The Kier molecular flexibility index (Phi) is 8.11. The lowest BCUT2D eigenvalue weighted by Crippen LogP contribution is -2.48. The number of methoxy groups -OCH3 is 1. The molecule has 1 amide bonds. The average molecular weight is 533 g/mol. The van der Waals surface area contributed by atoms with E-state index in [9.17, 15) is 9.59 Å². The van der Waals surface area contributed by atoms with Gasteiger partial charge in [0.2, 0.25) is 11.7 Å². The van der Waals surface area contributed by atoms with Crippen molar-refractivity contribution in [1.29, 1.82) is 0 Å². The Balaban J connectivity index is 1.28. The first-order chi connectivity index (χ1) is 19.0. The Morgan fingerprint density at radius 2 is 1.74 bits per heavy atom. The summed E-state index contributed by atoms with van der Waals surface area (Å²) in [4.78, 5) is 30.6. The molecule has 0 aliphatic carbocycles. The zero-order valence-electron chi connectivity index (χ0n) is 22.9. The summed E-state index contributed by atoms with van der Waals surface area (Å²) in [6.45, 7) is 7.94. The first-order valence-corrected chi connectivity index (χ1v) is 13.6. The van der Waals surface area contributed by atoms with Gasteiger partial charge in [-0.2, -0.15) is 0 Å². The number of hydrogen-bond donors (Lipinski definition) is 0. The first-order valence-electron chi connectivity index (χ1n) is 13.6. The third-order valence-electron chi connectivity index (χ3n) is 7.18. The monoisotopic (exact) mass is 532 g/mol. The molecule has 5 rings (SSSR count). The minimum absolute atomic E-state index is 0.0904. The number of para-hydroxylation sites is 1. The van der Waals surface area contributed by atoms with Gasteiger partial charge in [0.25, 0.3) is 5.56 Å². The molecule has 2 aromatic carbocycles. The summed E-state index contributed by atoms with van der Waals surface area (Å²) in [5.74, 6) is 2.11. The molecule has 1 fully saturated rings. The normalized spacial score (nSPS) is 14.1. The summed E-state index contributed by atoms with van der Waals surface area (Å²) in [6, 6.07) is 15.5. The molecule has 1 aliphatic heterocycles. The van der Waals surface area contributed by atoms with Crippen LogP contribution in [0.1, 0.15) is 32.5 Å². The highest BCUT2D eigenvalue weighted by Crippen LogP contribution is 2.21. The van der Waals surface area contributed by atoms with Crippen LogP contribution in [0.5, 0.6) is 5.75 Å². The summed E-state index contributed by atoms with van der Waals surface area (Å²) in [7, 11) is 1.66. The number of hydrogen-bond acceptors (Lipinski definition) is 7. The van der Waals surface area contributed by atoms with E-state index in [0.717, 1.165) is 30.0 Å². The molecule has 3 heterocycles. The second-order valence-corrected chi connectivity index (χ2v) is 10.1. The van der Waals surface area contributed by atoms with E-state index < -0.39 is 0 Å². The second-order valence-electron chi connectivity index (χ2n) is 10.1. The van der Waals surface area contributed by atoms with E-state index >= 15 is 0 Å². The molecule has 1 saturated heterocycles. The van der Waals surface area contributed by atoms with Gasteiger partial charge in [0.05, 0.1) is 24.1 Å². The zero-order chi connectivity index (χ0) is 27.4. The van der Waals surface area contributed by atoms with Crippen LogP contribution in [0.2, 0.25) is 0 Å². The topological polar surface area (TPSA) is 94.2 Å². The molecule has 0 radical (unpaired) electrons. The minimum Gasteiger partial charge on any atom is -0.497 e. The van der Waals surface area contributed by atoms with Gasteiger partial charge in [-0.3, -0.25) is 18.6 Å². The third kappa shape index (κ3) is 5.75. The van der Waals surface area contributed by atoms with Crippen molar-refractivity contribution in [2.45, 2.75) is 45.8 Å². The van der Waals surface area contributed by atoms with Gasteiger partial charge in [-0.25, -0.2) is 0 Å². The summed E-state index contributed by atoms with van der Waals surface area (Å²) in [5, 5.41) is 9.41. The number of aromatic nitrogens is 4. The van der Waals surface area contributed by atoms with Crippen LogP contribution >= 0.6 is 0 Å². The maximum Gasteiger partial charge on any atom is 0.262 e. The average Bonchev–Trinajstić information content (AvgIpc) is 3.39. The van der Waals surface area contributed by atoms with Crippen LogP contribution in [-0.2, 0) is 22.5 Å². The van der Waals surface area contributed by atoms with Gasteiger partial charge in [-0.05, 0) is 56.7 Å². The SMILES string of the molecule is COc1ccc(N2CCN(C(=O)CCc3nnc4n(CCCOC(C)C)c(=O)c5ccccc5n34)CC2)cc1. The molecular formula is C29H36N6O4. The maximum absolute atomic E-state index is 13.3. The highest BCUT2D eigenvalue weighted by atomic mass is 16.5. The number of carbonyl (C=O) groups excluding carboxylic acids is 1. The van der Waals surface area contributed by atoms with Gasteiger partial charge < -0.3 is 19.3 Å². The molecule has 0 N–H and O–H groups in total. The van der Waals surface area contributed by atoms with E-state index in [0.29, 0.717) is 62.5 Å². The number of ether oxygens (including phenoxy) is 2. The molecule has 0 unspecified atom stereocenters. The molecule has 0 saturated carbocycles. The van der Waals surface area contributed by atoms with Crippen molar-refractivity contribution >= 4 is 28.3 Å². The molecule has 10 heteroatoms. The van der Waals surface area contributed by atoms with Gasteiger partial charge in [-0.1, -0.05) is 12.1 Å². The number of benzene rings is 2. The number of amides is 1. The van der Waals surface area contributed by atoms with Gasteiger partial charge in [0.1, 0.15) is 11.6 Å². The van der Waals surface area contributed by atoms with Crippen LogP contribution in [0.15, 0.2) is 53.3 Å². The maximum atomic E-state index is 13.3. The van der Waals surface area contributed by atoms with E-state index in [1.165, 1.54) is 0 Å². The molecule has 4 aromatic rings. The van der Waals surface area contributed by atoms with Gasteiger partial charge in [0, 0.05) is 57.9 Å². The van der Waals surface area contributed by atoms with E-state index in [2.05, 4.69) is 15.1 Å². The smallest absolute Gasteiger partial charge is 0.262 e. The first kappa shape index (κ1) is 26.7. The van der Waals surface area contributed by atoms with Crippen LogP contribution < -0.4 is 15.2 Å². The van der Waals surface area contributed by atoms with Crippen molar-refractivity contribution in [2.24, 2.45) is 0 Å². The Bertz CT molecular complexity index is 1490. The number of fused-ring (bicyclic) bond motifs is 3. The summed E-state index contributed by atoms with van der Waals surface area (Å²) < 4.78 is 14.5. The van der Waals surface area contributed by atoms with Crippen LogP contribution in [0.4, 0.5) is 5.69 Å². The fourth-order valence-electron chi connectivity index (χ4n) is 5.10. The molecule has 1 aliphatic rings. The Hall–Kier alpha value is -3.92. The van der Waals surface area contributed by atoms with E-state index in [1.54, 1.807) is 11.7 Å². The molecule has 2 aromatic heterocycles. The highest BCUT2D eigenvalue weighted by molar-refractivity contribution is 5.80. The van der Waals surface area contributed by atoms with Crippen LogP contribution in [0.25, 0.3) is 16.7 Å². The number of carbonyl (C=O) groups is 1. The zero-order valence-corrected chi connectivity index (χ0v) is 22.9. The molecular weight excluding hydrogens is 496 g/mol. The molecule has 0 bridgehead atoms. The van der Waals surface area contributed by atoms with Crippen LogP contribution in [-0.4, -0.2) is 76.0 Å². The van der Waals surface area contributed by atoms with Crippen molar-refractivity contribution in [2.75, 3.05) is 44.8 Å². The number of aryl methyl sites for hydroxylation is 2. The molecule has 0 spiro atoms. The fraction of sp³-hybridized carbons (Fsp3) is 0.448. The Labute approximate surface area is 227 Å². The molecule has 39 heavy (non-hydrogen) atoms. The van der Waals surface area contributed by atoms with Crippen molar-refractivity contribution in [3.05, 3.63) is 64.7 Å². The molecule has 0 atom stereocenters. The Morgan fingerprint density at radius 3 is 2.46 bits per heavy atom. The minimum atomic E-state index is -0.0904. The standard InChI is InChI=1S/C29H36N6O4/c1-21(2)39-20-6-15-34-28(37)24-7-4-5-8-25(24)35-26(30-31-29(34)35)13-14-27(36)33-18-16-32(17-19-33)22-9-11-23(38-3)12-10-22/h4-5,7-12,21H,6,13-20H2,1-3H3. The lowest BCUT2D eigenvalue weighted by atomic mass is 10.2. The van der Waals surface area contributed by atoms with E-state index in [-0.39, 0.29) is 17.6 Å². The van der Waals surface area contributed by atoms with Gasteiger partial charge >= 0.3 is 0 Å². The fourth-order valence-corrected chi connectivity index (χ4v) is 5.10. The van der Waals surface area contributed by atoms with Crippen LogP contribution in [0, 0.1) is 0 Å². The van der Waals surface area contributed by atoms with Gasteiger partial charge in [-0.15, -0.1) is 10.2 Å². The predicted molar refractivity (Wildman–Crippen MR) is 151 cm³/mol. The second kappa shape index (κ2) is 11.9. The number of piperazine rings is 1. The Morgan fingerprint density at radius 1 is 1.00 bits per heavy atom. The molecule has 10 nitrogen and oxygen atoms in total. The number of anilines is 1. The predicted octanol–water partition coefficient (Wildman–Crippen LogP) is 3.15. The van der Waals surface area contributed by atoms with E-state index in [4.69, 9.17) is 9.47 Å². The number of rotatable bonds is 10.